The standard InChI is InChI=1S/C15H22N2O2S/c1-3-17-15(14(16)18)8-7-13(10-15)20-12-6-4-5-11(9-12)19-2/h4-6,9,13,17H,3,7-8,10H2,1-2H3,(H2,16,18). The molecule has 0 heterocycles. The summed E-state index contributed by atoms with van der Waals surface area (Å²) in [6.45, 7) is 2.77. The van der Waals surface area contributed by atoms with E-state index in [2.05, 4.69) is 11.4 Å². The zero-order valence-electron chi connectivity index (χ0n) is 12.0. The molecule has 110 valence electrons. The fraction of sp³-hybridized carbons (Fsp3) is 0.533. The average molecular weight is 294 g/mol. The van der Waals surface area contributed by atoms with Crippen LogP contribution in [0.1, 0.15) is 26.2 Å². The van der Waals surface area contributed by atoms with Gasteiger partial charge in [-0.05, 0) is 44.0 Å². The lowest BCUT2D eigenvalue weighted by Crippen LogP contribution is -2.53. The first kappa shape index (κ1) is 15.2. The van der Waals surface area contributed by atoms with E-state index in [0.29, 0.717) is 5.25 Å². The van der Waals surface area contributed by atoms with Crippen LogP contribution in [0.25, 0.3) is 0 Å². The number of thioether (sulfide) groups is 1. The van der Waals surface area contributed by atoms with E-state index in [4.69, 9.17) is 10.5 Å². The molecule has 5 heteroatoms. The van der Waals surface area contributed by atoms with Crippen LogP contribution in [-0.2, 0) is 4.79 Å². The molecule has 1 aromatic rings. The van der Waals surface area contributed by atoms with Crippen LogP contribution in [0.2, 0.25) is 0 Å². The molecule has 2 rings (SSSR count). The lowest BCUT2D eigenvalue weighted by Gasteiger charge is -2.26. The van der Waals surface area contributed by atoms with Gasteiger partial charge in [0.2, 0.25) is 5.91 Å². The Morgan fingerprint density at radius 1 is 1.60 bits per heavy atom. The van der Waals surface area contributed by atoms with Gasteiger partial charge in [-0.25, -0.2) is 0 Å². The average Bonchev–Trinajstić information content (AvgIpc) is 2.84. The molecule has 1 fully saturated rings. The van der Waals surface area contributed by atoms with Crippen LogP contribution in [0.5, 0.6) is 5.75 Å². The zero-order valence-corrected chi connectivity index (χ0v) is 12.8. The summed E-state index contributed by atoms with van der Waals surface area (Å²) >= 11 is 1.80. The Labute approximate surface area is 124 Å². The minimum Gasteiger partial charge on any atom is -0.497 e. The molecular formula is C15H22N2O2S. The van der Waals surface area contributed by atoms with Crippen molar-refractivity contribution in [2.75, 3.05) is 13.7 Å². The Balaban J connectivity index is 2.03. The number of likely N-dealkylation sites (N-methyl/N-ethyl adjacent to an activating group) is 1. The van der Waals surface area contributed by atoms with Crippen molar-refractivity contribution in [1.82, 2.24) is 5.32 Å². The molecule has 3 N–H and O–H groups in total. The Bertz CT molecular complexity index is 481. The van der Waals surface area contributed by atoms with E-state index in [0.717, 1.165) is 31.6 Å². The van der Waals surface area contributed by atoms with Crippen molar-refractivity contribution in [3.8, 4) is 5.75 Å². The first-order chi connectivity index (χ1) is 9.59. The lowest BCUT2D eigenvalue weighted by atomic mass is 9.97. The molecule has 1 amide bonds. The second kappa shape index (κ2) is 6.50. The molecule has 1 aliphatic rings. The maximum atomic E-state index is 11.7. The molecule has 2 unspecified atom stereocenters. The summed E-state index contributed by atoms with van der Waals surface area (Å²) < 4.78 is 5.24. The third kappa shape index (κ3) is 3.27. The van der Waals surface area contributed by atoms with E-state index in [1.807, 2.05) is 25.1 Å². The third-order valence-electron chi connectivity index (χ3n) is 3.80. The van der Waals surface area contributed by atoms with Gasteiger partial charge in [0.25, 0.3) is 0 Å². The van der Waals surface area contributed by atoms with Crippen LogP contribution in [-0.4, -0.2) is 30.4 Å². The van der Waals surface area contributed by atoms with Gasteiger partial charge < -0.3 is 15.8 Å². The number of benzene rings is 1. The van der Waals surface area contributed by atoms with Gasteiger partial charge in [0.15, 0.2) is 0 Å². The molecule has 0 saturated heterocycles. The minimum atomic E-state index is -0.523. The van der Waals surface area contributed by atoms with Gasteiger partial charge in [0.1, 0.15) is 5.75 Å². The summed E-state index contributed by atoms with van der Waals surface area (Å²) in [4.78, 5) is 12.9. The van der Waals surface area contributed by atoms with Crippen LogP contribution in [0.3, 0.4) is 0 Å². The summed E-state index contributed by atoms with van der Waals surface area (Å²) in [7, 11) is 1.67. The smallest absolute Gasteiger partial charge is 0.237 e. The van der Waals surface area contributed by atoms with E-state index in [-0.39, 0.29) is 5.91 Å². The van der Waals surface area contributed by atoms with Gasteiger partial charge in [0, 0.05) is 10.1 Å². The van der Waals surface area contributed by atoms with Crippen molar-refractivity contribution < 1.29 is 9.53 Å². The Hall–Kier alpha value is -1.20. The highest BCUT2D eigenvalue weighted by atomic mass is 32.2. The van der Waals surface area contributed by atoms with Crippen LogP contribution in [0.15, 0.2) is 29.2 Å². The molecule has 0 aliphatic heterocycles. The molecule has 0 bridgehead atoms. The second-order valence-corrected chi connectivity index (χ2v) is 6.51. The molecule has 1 aliphatic carbocycles. The predicted molar refractivity (Wildman–Crippen MR) is 82.1 cm³/mol. The number of ether oxygens (including phenoxy) is 1. The number of nitrogens with two attached hydrogens (primary N) is 1. The highest BCUT2D eigenvalue weighted by Crippen LogP contribution is 2.40. The highest BCUT2D eigenvalue weighted by Gasteiger charge is 2.43. The number of rotatable bonds is 6. The van der Waals surface area contributed by atoms with E-state index in [1.54, 1.807) is 18.9 Å². The quantitative estimate of drug-likeness (QED) is 0.844. The lowest BCUT2D eigenvalue weighted by molar-refractivity contribution is -0.124. The third-order valence-corrected chi connectivity index (χ3v) is 5.06. The van der Waals surface area contributed by atoms with Crippen molar-refractivity contribution in [3.63, 3.8) is 0 Å². The van der Waals surface area contributed by atoms with Crippen molar-refractivity contribution in [3.05, 3.63) is 24.3 Å². The monoisotopic (exact) mass is 294 g/mol. The number of methoxy groups -OCH3 is 1. The van der Waals surface area contributed by atoms with Crippen LogP contribution in [0, 0.1) is 0 Å². The zero-order chi connectivity index (χ0) is 14.6. The molecule has 0 aromatic heterocycles. The van der Waals surface area contributed by atoms with E-state index in [9.17, 15) is 4.79 Å². The maximum absolute atomic E-state index is 11.7. The van der Waals surface area contributed by atoms with Crippen molar-refractivity contribution >= 4 is 17.7 Å². The fourth-order valence-corrected chi connectivity index (χ4v) is 4.11. The highest BCUT2D eigenvalue weighted by molar-refractivity contribution is 8.00. The van der Waals surface area contributed by atoms with E-state index < -0.39 is 5.54 Å². The number of carbonyl (C=O) groups is 1. The van der Waals surface area contributed by atoms with Crippen LogP contribution >= 0.6 is 11.8 Å². The van der Waals surface area contributed by atoms with Gasteiger partial charge >= 0.3 is 0 Å². The van der Waals surface area contributed by atoms with Crippen molar-refractivity contribution in [1.29, 1.82) is 0 Å². The van der Waals surface area contributed by atoms with Crippen LogP contribution < -0.4 is 15.8 Å². The van der Waals surface area contributed by atoms with Gasteiger partial charge in [0.05, 0.1) is 12.6 Å². The van der Waals surface area contributed by atoms with E-state index >= 15 is 0 Å². The maximum Gasteiger partial charge on any atom is 0.237 e. The number of amides is 1. The molecule has 0 radical (unpaired) electrons. The number of carbonyl (C=O) groups excluding carboxylic acids is 1. The largest absolute Gasteiger partial charge is 0.497 e. The Morgan fingerprint density at radius 2 is 2.40 bits per heavy atom. The van der Waals surface area contributed by atoms with Gasteiger partial charge in [-0.1, -0.05) is 13.0 Å². The first-order valence-corrected chi connectivity index (χ1v) is 7.83. The molecule has 20 heavy (non-hydrogen) atoms. The van der Waals surface area contributed by atoms with Gasteiger partial charge in [-0.15, -0.1) is 11.8 Å². The Morgan fingerprint density at radius 3 is 3.05 bits per heavy atom. The van der Waals surface area contributed by atoms with E-state index in [1.165, 1.54) is 4.90 Å². The van der Waals surface area contributed by atoms with Crippen molar-refractivity contribution in [2.45, 2.75) is 41.9 Å². The summed E-state index contributed by atoms with van der Waals surface area (Å²) in [6.07, 6.45) is 2.60. The van der Waals surface area contributed by atoms with Gasteiger partial charge in [-0.2, -0.15) is 0 Å². The minimum absolute atomic E-state index is 0.229. The molecular weight excluding hydrogens is 272 g/mol. The Kier molecular flexibility index (Phi) is 4.94. The van der Waals surface area contributed by atoms with Gasteiger partial charge in [-0.3, -0.25) is 4.79 Å². The number of hydrogen-bond acceptors (Lipinski definition) is 4. The SMILES string of the molecule is CCNC1(C(N)=O)CCC(Sc2cccc(OC)c2)C1. The summed E-state index contributed by atoms with van der Waals surface area (Å²) in [5, 5.41) is 3.69. The summed E-state index contributed by atoms with van der Waals surface area (Å²) in [5.41, 5.74) is 5.07. The number of primary amides is 1. The molecule has 1 aromatic carbocycles. The fourth-order valence-electron chi connectivity index (χ4n) is 2.78. The normalized spacial score (nSPS) is 25.6. The molecule has 4 nitrogen and oxygen atoms in total. The summed E-state index contributed by atoms with van der Waals surface area (Å²) in [6, 6.07) is 8.03. The number of hydrogen-bond donors (Lipinski definition) is 2. The number of nitrogens with one attached hydrogen (secondary N) is 1. The molecule has 2 atom stereocenters. The van der Waals surface area contributed by atoms with Crippen LogP contribution in [0.4, 0.5) is 0 Å². The molecule has 1 saturated carbocycles. The summed E-state index contributed by atoms with van der Waals surface area (Å²) in [5.74, 6) is 0.633. The molecule has 0 spiro atoms. The van der Waals surface area contributed by atoms with Crippen molar-refractivity contribution in [2.24, 2.45) is 5.73 Å². The predicted octanol–water partition coefficient (Wildman–Crippen LogP) is 2.17. The topological polar surface area (TPSA) is 64.3 Å². The first-order valence-electron chi connectivity index (χ1n) is 6.95. The second-order valence-electron chi connectivity index (χ2n) is 5.14.